The number of benzene rings is 2. The van der Waals surface area contributed by atoms with Crippen molar-refractivity contribution >= 4 is 23.4 Å². The second-order valence-corrected chi connectivity index (χ2v) is 7.04. The number of carbonyl (C=O) groups is 1. The van der Waals surface area contributed by atoms with Crippen LogP contribution in [-0.4, -0.2) is 30.0 Å². The summed E-state index contributed by atoms with van der Waals surface area (Å²) in [5.74, 6) is 3.52. The minimum atomic E-state index is 0.0125. The molecule has 0 bridgehead atoms. The lowest BCUT2D eigenvalue weighted by atomic mass is 10.2. The summed E-state index contributed by atoms with van der Waals surface area (Å²) in [6.07, 6.45) is 0.478. The number of amides is 1. The molecule has 2 N–H and O–H groups in total. The van der Waals surface area contributed by atoms with Crippen molar-refractivity contribution in [1.82, 2.24) is 5.32 Å². The van der Waals surface area contributed by atoms with E-state index < -0.39 is 0 Å². The van der Waals surface area contributed by atoms with Gasteiger partial charge in [0.15, 0.2) is 5.75 Å². The molecule has 0 saturated carbocycles. The first-order valence-electron chi connectivity index (χ1n) is 8.15. The van der Waals surface area contributed by atoms with Gasteiger partial charge in [-0.15, -0.1) is 0 Å². The first-order valence-corrected chi connectivity index (χ1v) is 9.31. The Kier molecular flexibility index (Phi) is 5.77. The summed E-state index contributed by atoms with van der Waals surface area (Å²) in [6.45, 7) is 2.97. The maximum absolute atomic E-state index is 12.4. The van der Waals surface area contributed by atoms with E-state index in [0.29, 0.717) is 17.9 Å². The highest BCUT2D eigenvalue weighted by Gasteiger charge is 2.18. The standard InChI is InChI=1S/C19H22N2O2S/c1-14-7-8-18(23-16-5-3-2-4-6-16)17(11-14)21-19(22)12-15-13-24-10-9-20-15/h2-8,11,15,20H,9-10,12-13H2,1H3,(H,21,22). The van der Waals surface area contributed by atoms with E-state index in [4.69, 9.17) is 4.74 Å². The quantitative estimate of drug-likeness (QED) is 0.867. The summed E-state index contributed by atoms with van der Waals surface area (Å²) in [5, 5.41) is 6.39. The molecule has 1 aliphatic heterocycles. The highest BCUT2D eigenvalue weighted by Crippen LogP contribution is 2.30. The third kappa shape index (κ3) is 4.76. The average Bonchev–Trinajstić information content (AvgIpc) is 2.59. The van der Waals surface area contributed by atoms with Gasteiger partial charge >= 0.3 is 0 Å². The van der Waals surface area contributed by atoms with Crippen molar-refractivity contribution in [2.75, 3.05) is 23.4 Å². The maximum Gasteiger partial charge on any atom is 0.226 e. The van der Waals surface area contributed by atoms with Crippen molar-refractivity contribution in [1.29, 1.82) is 0 Å². The summed E-state index contributed by atoms with van der Waals surface area (Å²) < 4.78 is 5.92. The Morgan fingerprint density at radius 1 is 1.29 bits per heavy atom. The van der Waals surface area contributed by atoms with Crippen molar-refractivity contribution in [3.05, 3.63) is 54.1 Å². The molecule has 1 atom stereocenters. The number of ether oxygens (including phenoxy) is 1. The van der Waals surface area contributed by atoms with E-state index in [1.54, 1.807) is 0 Å². The molecule has 0 spiro atoms. The van der Waals surface area contributed by atoms with Gasteiger partial charge in [0.1, 0.15) is 5.75 Å². The number of hydrogen-bond donors (Lipinski definition) is 2. The number of nitrogens with one attached hydrogen (secondary N) is 2. The van der Waals surface area contributed by atoms with Crippen molar-refractivity contribution in [3.8, 4) is 11.5 Å². The van der Waals surface area contributed by atoms with Gasteiger partial charge in [0.2, 0.25) is 5.91 Å². The number of hydrogen-bond acceptors (Lipinski definition) is 4. The molecule has 3 rings (SSSR count). The Hall–Kier alpha value is -1.98. The smallest absolute Gasteiger partial charge is 0.226 e. The van der Waals surface area contributed by atoms with Gasteiger partial charge in [-0.05, 0) is 36.8 Å². The fraction of sp³-hybridized carbons (Fsp3) is 0.316. The molecule has 5 heteroatoms. The van der Waals surface area contributed by atoms with Crippen molar-refractivity contribution in [2.45, 2.75) is 19.4 Å². The second-order valence-electron chi connectivity index (χ2n) is 5.89. The van der Waals surface area contributed by atoms with Crippen molar-refractivity contribution < 1.29 is 9.53 Å². The lowest BCUT2D eigenvalue weighted by molar-refractivity contribution is -0.116. The summed E-state index contributed by atoms with van der Waals surface area (Å²) in [7, 11) is 0. The first kappa shape index (κ1) is 16.9. The summed E-state index contributed by atoms with van der Waals surface area (Å²) in [4.78, 5) is 12.4. The van der Waals surface area contributed by atoms with E-state index in [-0.39, 0.29) is 11.9 Å². The third-order valence-corrected chi connectivity index (χ3v) is 4.94. The lowest BCUT2D eigenvalue weighted by Gasteiger charge is -2.22. The molecule has 24 heavy (non-hydrogen) atoms. The second kappa shape index (κ2) is 8.22. The summed E-state index contributed by atoms with van der Waals surface area (Å²) >= 11 is 1.89. The van der Waals surface area contributed by atoms with Crippen LogP contribution in [0.1, 0.15) is 12.0 Å². The van der Waals surface area contributed by atoms with E-state index >= 15 is 0 Å². The van der Waals surface area contributed by atoms with Crippen LogP contribution in [0.25, 0.3) is 0 Å². The topological polar surface area (TPSA) is 50.4 Å². The third-order valence-electron chi connectivity index (χ3n) is 3.81. The van der Waals surface area contributed by atoms with E-state index in [9.17, 15) is 4.79 Å². The molecule has 1 heterocycles. The van der Waals surface area contributed by atoms with Crippen LogP contribution in [0.15, 0.2) is 48.5 Å². The number of para-hydroxylation sites is 1. The molecule has 1 aliphatic rings. The Morgan fingerprint density at radius 2 is 2.12 bits per heavy atom. The molecule has 0 aromatic heterocycles. The number of aryl methyl sites for hydroxylation is 1. The largest absolute Gasteiger partial charge is 0.455 e. The van der Waals surface area contributed by atoms with Gasteiger partial charge < -0.3 is 15.4 Å². The van der Waals surface area contributed by atoms with Gasteiger partial charge in [0.05, 0.1) is 5.69 Å². The van der Waals surface area contributed by atoms with Gasteiger partial charge in [-0.3, -0.25) is 4.79 Å². The van der Waals surface area contributed by atoms with Crippen molar-refractivity contribution in [3.63, 3.8) is 0 Å². The molecule has 0 radical (unpaired) electrons. The van der Waals surface area contributed by atoms with Gasteiger partial charge in [-0.1, -0.05) is 24.3 Å². The van der Waals surface area contributed by atoms with Crippen LogP contribution >= 0.6 is 11.8 Å². The lowest BCUT2D eigenvalue weighted by Crippen LogP contribution is -2.39. The van der Waals surface area contributed by atoms with E-state index in [0.717, 1.165) is 29.4 Å². The Bertz CT molecular complexity index is 685. The number of rotatable bonds is 5. The van der Waals surface area contributed by atoms with E-state index in [2.05, 4.69) is 10.6 Å². The Morgan fingerprint density at radius 3 is 2.88 bits per heavy atom. The van der Waals surface area contributed by atoms with Crippen LogP contribution in [0.5, 0.6) is 11.5 Å². The summed E-state index contributed by atoms with van der Waals surface area (Å²) in [6, 6.07) is 15.7. The highest BCUT2D eigenvalue weighted by molar-refractivity contribution is 7.99. The van der Waals surface area contributed by atoms with Crippen LogP contribution < -0.4 is 15.4 Å². The van der Waals surface area contributed by atoms with Gasteiger partial charge in [0.25, 0.3) is 0 Å². The average molecular weight is 342 g/mol. The van der Waals surface area contributed by atoms with Crippen molar-refractivity contribution in [2.24, 2.45) is 0 Å². The molecule has 1 unspecified atom stereocenters. The zero-order valence-corrected chi connectivity index (χ0v) is 14.6. The molecule has 1 saturated heterocycles. The predicted octanol–water partition coefficient (Wildman–Crippen LogP) is 3.82. The van der Waals surface area contributed by atoms with Crippen LogP contribution in [0.3, 0.4) is 0 Å². The molecular formula is C19H22N2O2S. The zero-order valence-electron chi connectivity index (χ0n) is 13.7. The Balaban J connectivity index is 1.69. The SMILES string of the molecule is Cc1ccc(Oc2ccccc2)c(NC(=O)CC2CSCCN2)c1. The van der Waals surface area contributed by atoms with Gasteiger partial charge in [0, 0.05) is 30.5 Å². The molecular weight excluding hydrogens is 320 g/mol. The van der Waals surface area contributed by atoms with Gasteiger partial charge in [-0.25, -0.2) is 0 Å². The number of thioether (sulfide) groups is 1. The fourth-order valence-corrected chi connectivity index (χ4v) is 3.57. The van der Waals surface area contributed by atoms with E-state index in [1.807, 2.05) is 67.2 Å². The Labute approximate surface area is 147 Å². The van der Waals surface area contributed by atoms with Crippen LogP contribution in [0.2, 0.25) is 0 Å². The predicted molar refractivity (Wildman–Crippen MR) is 100 cm³/mol. The normalized spacial score (nSPS) is 17.3. The first-order chi connectivity index (χ1) is 11.7. The molecule has 4 nitrogen and oxygen atoms in total. The van der Waals surface area contributed by atoms with Gasteiger partial charge in [-0.2, -0.15) is 11.8 Å². The molecule has 2 aromatic carbocycles. The summed E-state index contributed by atoms with van der Waals surface area (Å²) in [5.41, 5.74) is 1.80. The molecule has 1 amide bonds. The number of carbonyl (C=O) groups excluding carboxylic acids is 1. The van der Waals surface area contributed by atoms with Crippen LogP contribution in [0, 0.1) is 6.92 Å². The van der Waals surface area contributed by atoms with Crippen LogP contribution in [0.4, 0.5) is 5.69 Å². The molecule has 1 fully saturated rings. The number of anilines is 1. The fourth-order valence-electron chi connectivity index (χ4n) is 2.62. The minimum Gasteiger partial charge on any atom is -0.455 e. The molecule has 126 valence electrons. The highest BCUT2D eigenvalue weighted by atomic mass is 32.2. The zero-order chi connectivity index (χ0) is 16.8. The maximum atomic E-state index is 12.4. The van der Waals surface area contributed by atoms with E-state index in [1.165, 1.54) is 0 Å². The molecule has 2 aromatic rings. The minimum absolute atomic E-state index is 0.0125. The van der Waals surface area contributed by atoms with Crippen LogP contribution in [-0.2, 0) is 4.79 Å². The molecule has 0 aliphatic carbocycles. The monoisotopic (exact) mass is 342 g/mol.